The highest BCUT2D eigenvalue weighted by Crippen LogP contribution is 2.30. The van der Waals surface area contributed by atoms with Crippen molar-refractivity contribution in [1.29, 1.82) is 0 Å². The summed E-state index contributed by atoms with van der Waals surface area (Å²) in [6, 6.07) is 7.67. The third kappa shape index (κ3) is 12.1. The number of hydrogen-bond acceptors (Lipinski definition) is 8. The van der Waals surface area contributed by atoms with E-state index in [1.54, 1.807) is 7.11 Å². The lowest BCUT2D eigenvalue weighted by atomic mass is 9.76. The SMILES string of the molecule is CCn1cc(CN2CCCNC(=O)COc3ccc(cc3)CC(CCOC)(C(=O)NC3CCC3)CNC(=O)CCC2)cn1.O=CO. The molecule has 254 valence electrons. The van der Waals surface area contributed by atoms with Gasteiger partial charge in [-0.2, -0.15) is 5.10 Å². The molecule has 1 fully saturated rings. The number of hydrogen-bond donors (Lipinski definition) is 4. The number of carbonyl (C=O) groups is 4. The number of nitrogens with zero attached hydrogens (tertiary/aromatic N) is 3. The van der Waals surface area contributed by atoms with Crippen molar-refractivity contribution in [3.8, 4) is 5.75 Å². The Labute approximate surface area is 271 Å². The number of carbonyl (C=O) groups excluding carboxylic acids is 3. The van der Waals surface area contributed by atoms with Gasteiger partial charge in [0.1, 0.15) is 5.75 Å². The molecule has 1 aliphatic carbocycles. The number of nitrogens with one attached hydrogen (secondary N) is 3. The van der Waals surface area contributed by atoms with Crippen molar-refractivity contribution < 1.29 is 33.8 Å². The number of carboxylic acid groups (broad SMARTS) is 1. The highest BCUT2D eigenvalue weighted by atomic mass is 16.5. The van der Waals surface area contributed by atoms with E-state index in [9.17, 15) is 14.4 Å². The molecule has 1 unspecified atom stereocenters. The van der Waals surface area contributed by atoms with E-state index in [0.29, 0.717) is 44.6 Å². The van der Waals surface area contributed by atoms with Gasteiger partial charge in [0.15, 0.2) is 6.61 Å². The monoisotopic (exact) mass is 642 g/mol. The van der Waals surface area contributed by atoms with Gasteiger partial charge in [-0.25, -0.2) is 0 Å². The van der Waals surface area contributed by atoms with Gasteiger partial charge in [-0.05, 0) is 76.1 Å². The number of fused-ring (bicyclic) bond motifs is 17. The molecule has 46 heavy (non-hydrogen) atoms. The lowest BCUT2D eigenvalue weighted by Gasteiger charge is -2.36. The molecular formula is C33H50N6O7. The molecule has 5 rings (SSSR count). The quantitative estimate of drug-likeness (QED) is 0.316. The Hall–Kier alpha value is -3.97. The maximum atomic E-state index is 13.8. The number of ether oxygens (including phenoxy) is 2. The molecule has 3 aliphatic rings. The third-order valence-corrected chi connectivity index (χ3v) is 8.43. The van der Waals surface area contributed by atoms with Crippen molar-refractivity contribution in [3.05, 3.63) is 47.8 Å². The van der Waals surface area contributed by atoms with Crippen LogP contribution < -0.4 is 20.7 Å². The largest absolute Gasteiger partial charge is 0.484 e. The molecule has 2 bridgehead atoms. The summed E-state index contributed by atoms with van der Waals surface area (Å²) < 4.78 is 13.1. The summed E-state index contributed by atoms with van der Waals surface area (Å²) in [5, 5.41) is 20.6. The second kappa shape index (κ2) is 19.5. The highest BCUT2D eigenvalue weighted by molar-refractivity contribution is 5.85. The summed E-state index contributed by atoms with van der Waals surface area (Å²) in [5.74, 6) is 0.300. The molecule has 3 heterocycles. The number of benzene rings is 1. The molecule has 3 amide bonds. The molecular weight excluding hydrogens is 592 g/mol. The average molecular weight is 643 g/mol. The third-order valence-electron chi connectivity index (χ3n) is 8.43. The van der Waals surface area contributed by atoms with Gasteiger partial charge < -0.3 is 30.5 Å². The molecule has 1 aromatic carbocycles. The molecule has 1 saturated carbocycles. The van der Waals surface area contributed by atoms with E-state index in [2.05, 4.69) is 32.9 Å². The van der Waals surface area contributed by atoms with Gasteiger partial charge in [-0.3, -0.25) is 28.8 Å². The van der Waals surface area contributed by atoms with Crippen LogP contribution in [0, 0.1) is 5.41 Å². The van der Waals surface area contributed by atoms with Crippen molar-refractivity contribution in [2.75, 3.05) is 46.5 Å². The first-order chi connectivity index (χ1) is 22.3. The van der Waals surface area contributed by atoms with Gasteiger partial charge in [0.25, 0.3) is 12.4 Å². The van der Waals surface area contributed by atoms with E-state index in [1.807, 2.05) is 41.3 Å². The lowest BCUT2D eigenvalue weighted by Crippen LogP contribution is -2.54. The summed E-state index contributed by atoms with van der Waals surface area (Å²) in [6.45, 7) is 5.93. The van der Waals surface area contributed by atoms with Crippen molar-refractivity contribution >= 4 is 24.2 Å². The summed E-state index contributed by atoms with van der Waals surface area (Å²) in [6.07, 6.45) is 9.72. The van der Waals surface area contributed by atoms with Gasteiger partial charge in [-0.15, -0.1) is 0 Å². The summed E-state index contributed by atoms with van der Waals surface area (Å²) in [5.41, 5.74) is 1.20. The Balaban J connectivity index is 0.00000185. The van der Waals surface area contributed by atoms with Gasteiger partial charge >= 0.3 is 0 Å². The first kappa shape index (κ1) is 36.5. The average Bonchev–Trinajstić information content (AvgIpc) is 3.49. The summed E-state index contributed by atoms with van der Waals surface area (Å²) in [4.78, 5) is 50.0. The molecule has 13 nitrogen and oxygen atoms in total. The van der Waals surface area contributed by atoms with Crippen molar-refractivity contribution in [2.24, 2.45) is 5.41 Å². The smallest absolute Gasteiger partial charge is 0.290 e. The van der Waals surface area contributed by atoms with E-state index in [4.69, 9.17) is 19.4 Å². The van der Waals surface area contributed by atoms with Crippen LogP contribution in [-0.2, 0) is 43.4 Å². The minimum Gasteiger partial charge on any atom is -0.484 e. The zero-order valence-corrected chi connectivity index (χ0v) is 27.2. The maximum Gasteiger partial charge on any atom is 0.290 e. The summed E-state index contributed by atoms with van der Waals surface area (Å²) in [7, 11) is 1.63. The Bertz CT molecular complexity index is 1230. The number of methoxy groups -OCH3 is 1. The molecule has 13 heteroatoms. The van der Waals surface area contributed by atoms with Crippen LogP contribution in [0.15, 0.2) is 36.7 Å². The predicted octanol–water partition coefficient (Wildman–Crippen LogP) is 2.14. The standard InChI is InChI=1S/C32H48N6O5.CH2O2/c1-3-38-22-26(20-35-38)21-37-16-5-9-29(39)34-24-32(14-18-42-2,31(41)36-27-7-4-8-27)19-25-10-12-28(13-11-25)43-23-30(40)33-15-6-17-37;2-1-3/h10-13,20,22,27H,3-9,14-19,21,23-24H2,1-2H3,(H,33,40)(H,34,39)(H,36,41);1H,(H,2,3). The zero-order chi connectivity index (χ0) is 33.2. The highest BCUT2D eigenvalue weighted by Gasteiger charge is 2.40. The van der Waals surface area contributed by atoms with Crippen LogP contribution in [0.5, 0.6) is 5.75 Å². The summed E-state index contributed by atoms with van der Waals surface area (Å²) >= 11 is 0. The fourth-order valence-electron chi connectivity index (χ4n) is 5.54. The van der Waals surface area contributed by atoms with Gasteiger partial charge in [-0.1, -0.05) is 12.1 Å². The van der Waals surface area contributed by atoms with Crippen LogP contribution in [0.25, 0.3) is 0 Å². The number of amides is 3. The van der Waals surface area contributed by atoms with Crippen molar-refractivity contribution in [1.82, 2.24) is 30.6 Å². The van der Waals surface area contributed by atoms with Crippen molar-refractivity contribution in [2.45, 2.75) is 77.4 Å². The molecule has 1 atom stereocenters. The normalized spacial score (nSPS) is 20.6. The number of aromatic nitrogens is 2. The molecule has 1 aromatic heterocycles. The fraction of sp³-hybridized carbons (Fsp3) is 0.606. The predicted molar refractivity (Wildman–Crippen MR) is 172 cm³/mol. The van der Waals surface area contributed by atoms with Crippen LogP contribution in [0.3, 0.4) is 0 Å². The van der Waals surface area contributed by atoms with Crippen LogP contribution in [0.1, 0.15) is 63.0 Å². The topological polar surface area (TPSA) is 164 Å². The Morgan fingerprint density at radius 1 is 1.15 bits per heavy atom. The van der Waals surface area contributed by atoms with Crippen molar-refractivity contribution in [3.63, 3.8) is 0 Å². The zero-order valence-electron chi connectivity index (χ0n) is 27.2. The fourth-order valence-corrected chi connectivity index (χ4v) is 5.54. The van der Waals surface area contributed by atoms with Crippen LogP contribution in [0.2, 0.25) is 0 Å². The number of aryl methyl sites for hydroxylation is 1. The molecule has 2 aromatic rings. The second-order valence-electron chi connectivity index (χ2n) is 11.9. The van der Waals surface area contributed by atoms with Gasteiger partial charge in [0.2, 0.25) is 11.8 Å². The molecule has 2 aliphatic heterocycles. The Kier molecular flexibility index (Phi) is 15.5. The minimum absolute atomic E-state index is 0.0486. The maximum absolute atomic E-state index is 13.8. The van der Waals surface area contributed by atoms with E-state index >= 15 is 0 Å². The van der Waals surface area contributed by atoms with Crippen LogP contribution in [-0.4, -0.2) is 96.5 Å². The first-order valence-electron chi connectivity index (χ1n) is 16.2. The van der Waals surface area contributed by atoms with E-state index in [-0.39, 0.29) is 43.4 Å². The lowest BCUT2D eigenvalue weighted by molar-refractivity contribution is -0.134. The van der Waals surface area contributed by atoms with E-state index < -0.39 is 5.41 Å². The molecule has 0 spiro atoms. The van der Waals surface area contributed by atoms with Gasteiger partial charge in [0.05, 0.1) is 11.6 Å². The van der Waals surface area contributed by atoms with Crippen LogP contribution >= 0.6 is 0 Å². The molecule has 0 radical (unpaired) electrons. The van der Waals surface area contributed by atoms with E-state index in [0.717, 1.165) is 63.0 Å². The minimum atomic E-state index is -0.865. The number of rotatable bonds is 8. The first-order valence-corrected chi connectivity index (χ1v) is 16.2. The molecule has 0 saturated heterocycles. The Morgan fingerprint density at radius 3 is 2.54 bits per heavy atom. The van der Waals surface area contributed by atoms with Gasteiger partial charge in [0, 0.05) is 70.7 Å². The van der Waals surface area contributed by atoms with E-state index in [1.165, 1.54) is 0 Å². The second-order valence-corrected chi connectivity index (χ2v) is 11.9. The van der Waals surface area contributed by atoms with Crippen LogP contribution in [0.4, 0.5) is 0 Å². The molecule has 4 N–H and O–H groups in total. The Morgan fingerprint density at radius 2 is 1.89 bits per heavy atom.